The first-order chi connectivity index (χ1) is 17.4. The van der Waals surface area contributed by atoms with E-state index in [1.807, 2.05) is 96.1 Å². The van der Waals surface area contributed by atoms with Crippen molar-refractivity contribution in [1.29, 1.82) is 0 Å². The second-order valence-corrected chi connectivity index (χ2v) is 12.3. The number of carbonyl (C=O) groups excluding carboxylic acids is 2. The number of hydrogen-bond acceptors (Lipinski definition) is 5. The summed E-state index contributed by atoms with van der Waals surface area (Å²) in [6.07, 6.45) is -0.0480. The van der Waals surface area contributed by atoms with Crippen molar-refractivity contribution < 1.29 is 19.1 Å². The molecule has 0 saturated heterocycles. The van der Waals surface area contributed by atoms with Crippen LogP contribution < -0.4 is 0 Å². The zero-order valence-electron chi connectivity index (χ0n) is 22.7. The Morgan fingerprint density at radius 2 is 1.03 bits per heavy atom. The summed E-state index contributed by atoms with van der Waals surface area (Å²) < 4.78 is 10.7. The molecule has 3 rings (SSSR count). The van der Waals surface area contributed by atoms with E-state index in [2.05, 4.69) is 36.4 Å². The van der Waals surface area contributed by atoms with Gasteiger partial charge in [0.15, 0.2) is 0 Å². The Hall–Kier alpha value is -3.05. The maximum Gasteiger partial charge on any atom is 0.310 e. The van der Waals surface area contributed by atoms with E-state index < -0.39 is 33.8 Å². The van der Waals surface area contributed by atoms with Gasteiger partial charge in [-0.05, 0) is 58.2 Å². The summed E-state index contributed by atoms with van der Waals surface area (Å²) in [6, 6.07) is 30.9. The van der Waals surface area contributed by atoms with Crippen LogP contribution in [0.1, 0.15) is 64.7 Å². The molecule has 5 heteroatoms. The highest BCUT2D eigenvalue weighted by atomic mass is 32.2. The normalized spacial score (nSPS) is 13.0. The van der Waals surface area contributed by atoms with Crippen molar-refractivity contribution in [3.63, 3.8) is 0 Å². The summed E-state index contributed by atoms with van der Waals surface area (Å²) in [5, 5.41) is 0. The zero-order chi connectivity index (χ0) is 27.1. The molecule has 0 N–H and O–H groups in total. The third-order valence-corrected chi connectivity index (χ3v) is 7.32. The molecule has 0 heterocycles. The molecule has 0 radical (unpaired) electrons. The predicted molar refractivity (Wildman–Crippen MR) is 151 cm³/mol. The molecule has 0 saturated carbocycles. The van der Waals surface area contributed by atoms with Crippen molar-refractivity contribution in [3.05, 3.63) is 108 Å². The first-order valence-electron chi connectivity index (χ1n) is 12.7. The van der Waals surface area contributed by atoms with Gasteiger partial charge in [0.25, 0.3) is 0 Å². The molecule has 0 amide bonds. The molecule has 0 aliphatic carbocycles. The third kappa shape index (κ3) is 7.96. The Kier molecular flexibility index (Phi) is 9.25. The highest BCUT2D eigenvalue weighted by molar-refractivity contribution is 8.00. The van der Waals surface area contributed by atoms with E-state index in [-0.39, 0.29) is 6.42 Å². The molecule has 0 aromatic heterocycles. The summed E-state index contributed by atoms with van der Waals surface area (Å²) in [6.45, 7) is 11.0. The lowest BCUT2D eigenvalue weighted by atomic mass is 9.84. The molecule has 0 aliphatic heterocycles. The monoisotopic (exact) mass is 518 g/mol. The van der Waals surface area contributed by atoms with Gasteiger partial charge >= 0.3 is 11.9 Å². The van der Waals surface area contributed by atoms with Crippen LogP contribution in [-0.2, 0) is 23.8 Å². The second-order valence-electron chi connectivity index (χ2n) is 11.1. The number of rotatable bonds is 9. The molecule has 0 bridgehead atoms. The van der Waals surface area contributed by atoms with Crippen LogP contribution in [-0.4, -0.2) is 28.9 Å². The van der Waals surface area contributed by atoms with Gasteiger partial charge in [-0.25, -0.2) is 0 Å². The highest BCUT2D eigenvalue weighted by Crippen LogP contribution is 2.49. The molecule has 1 atom stereocenters. The predicted octanol–water partition coefficient (Wildman–Crippen LogP) is 7.40. The minimum absolute atomic E-state index is 0.0480. The summed E-state index contributed by atoms with van der Waals surface area (Å²) >= 11 is 1.64. The fourth-order valence-electron chi connectivity index (χ4n) is 4.17. The zero-order valence-corrected chi connectivity index (χ0v) is 23.5. The Morgan fingerprint density at radius 1 is 0.649 bits per heavy atom. The quantitative estimate of drug-likeness (QED) is 0.218. The average molecular weight is 519 g/mol. The van der Waals surface area contributed by atoms with Crippen molar-refractivity contribution in [2.24, 2.45) is 5.92 Å². The van der Waals surface area contributed by atoms with E-state index in [9.17, 15) is 9.59 Å². The Bertz CT molecular complexity index is 1050. The molecule has 0 aliphatic rings. The fraction of sp³-hybridized carbons (Fsp3) is 0.375. The summed E-state index contributed by atoms with van der Waals surface area (Å²) in [5.74, 6) is -1.11. The summed E-state index contributed by atoms with van der Waals surface area (Å²) in [5.41, 5.74) is 1.99. The lowest BCUT2D eigenvalue weighted by Gasteiger charge is -2.36. The standard InChI is InChI=1S/C32H38O4S/c1-30(2,3)35-28(33)22-24(29(34)36-31(4,5)6)23-37-32(25-16-10-7-11-17-25,26-18-12-8-13-19-26)27-20-14-9-15-21-27/h7-21,24H,22-23H2,1-6H3/t24-/m0/s1. The smallest absolute Gasteiger partial charge is 0.310 e. The first-order valence-corrected chi connectivity index (χ1v) is 13.6. The third-order valence-electron chi connectivity index (χ3n) is 5.62. The topological polar surface area (TPSA) is 52.6 Å². The van der Waals surface area contributed by atoms with Gasteiger partial charge in [-0.1, -0.05) is 91.0 Å². The molecule has 0 fully saturated rings. The van der Waals surface area contributed by atoms with Crippen LogP contribution in [0, 0.1) is 5.92 Å². The van der Waals surface area contributed by atoms with Crippen molar-refractivity contribution in [3.8, 4) is 0 Å². The minimum atomic E-state index is -0.672. The van der Waals surface area contributed by atoms with Gasteiger partial charge in [0.2, 0.25) is 0 Å². The first kappa shape index (κ1) is 28.5. The lowest BCUT2D eigenvalue weighted by Crippen LogP contribution is -2.34. The van der Waals surface area contributed by atoms with E-state index in [1.165, 1.54) is 0 Å². The molecule has 0 unspecified atom stereocenters. The van der Waals surface area contributed by atoms with Gasteiger partial charge in [0.05, 0.1) is 17.1 Å². The fourth-order valence-corrected chi connectivity index (χ4v) is 5.79. The van der Waals surface area contributed by atoms with Crippen LogP contribution in [0.2, 0.25) is 0 Å². The number of ether oxygens (including phenoxy) is 2. The van der Waals surface area contributed by atoms with Crippen LogP contribution in [0.4, 0.5) is 0 Å². The molecule has 0 spiro atoms. The number of thioether (sulfide) groups is 1. The summed E-state index contributed by atoms with van der Waals surface area (Å²) in [7, 11) is 0. The Labute approximate surface area is 225 Å². The van der Waals surface area contributed by atoms with Gasteiger partial charge < -0.3 is 9.47 Å². The van der Waals surface area contributed by atoms with Gasteiger partial charge in [-0.15, -0.1) is 11.8 Å². The Morgan fingerprint density at radius 3 is 1.38 bits per heavy atom. The van der Waals surface area contributed by atoms with Crippen molar-refractivity contribution >= 4 is 23.7 Å². The molecule has 37 heavy (non-hydrogen) atoms. The molecule has 3 aromatic carbocycles. The van der Waals surface area contributed by atoms with Gasteiger partial charge in [-0.3, -0.25) is 9.59 Å². The maximum atomic E-state index is 13.3. The van der Waals surface area contributed by atoms with Gasteiger partial charge in [0.1, 0.15) is 11.2 Å². The van der Waals surface area contributed by atoms with E-state index in [0.717, 1.165) is 16.7 Å². The van der Waals surface area contributed by atoms with E-state index >= 15 is 0 Å². The SMILES string of the molecule is CC(C)(C)OC(=O)C[C@@H](CSC(c1ccccc1)(c1ccccc1)c1ccccc1)C(=O)OC(C)(C)C. The van der Waals surface area contributed by atoms with Crippen molar-refractivity contribution in [2.75, 3.05) is 5.75 Å². The number of carbonyl (C=O) groups is 2. The highest BCUT2D eigenvalue weighted by Gasteiger charge is 2.39. The molecular weight excluding hydrogens is 480 g/mol. The number of esters is 2. The van der Waals surface area contributed by atoms with Gasteiger partial charge in [-0.2, -0.15) is 0 Å². The number of hydrogen-bond donors (Lipinski definition) is 0. The van der Waals surface area contributed by atoms with Crippen LogP contribution in [0.5, 0.6) is 0 Å². The van der Waals surface area contributed by atoms with Crippen LogP contribution in [0.25, 0.3) is 0 Å². The average Bonchev–Trinajstić information content (AvgIpc) is 2.83. The maximum absolute atomic E-state index is 13.3. The van der Waals surface area contributed by atoms with Gasteiger partial charge in [0, 0.05) is 5.75 Å². The van der Waals surface area contributed by atoms with Crippen LogP contribution in [0.15, 0.2) is 91.0 Å². The second kappa shape index (κ2) is 12.0. The van der Waals surface area contributed by atoms with Crippen LogP contribution in [0.3, 0.4) is 0 Å². The molecular formula is C32H38O4S. The molecule has 4 nitrogen and oxygen atoms in total. The minimum Gasteiger partial charge on any atom is -0.460 e. The van der Waals surface area contributed by atoms with E-state index in [4.69, 9.17) is 9.47 Å². The molecule has 196 valence electrons. The largest absolute Gasteiger partial charge is 0.460 e. The van der Waals surface area contributed by atoms with E-state index in [1.54, 1.807) is 11.8 Å². The Balaban J connectivity index is 2.06. The number of benzene rings is 3. The molecule has 3 aromatic rings. The van der Waals surface area contributed by atoms with Crippen molar-refractivity contribution in [2.45, 2.75) is 63.9 Å². The van der Waals surface area contributed by atoms with E-state index in [0.29, 0.717) is 5.75 Å². The van der Waals surface area contributed by atoms with Crippen LogP contribution >= 0.6 is 11.8 Å². The van der Waals surface area contributed by atoms with Crippen molar-refractivity contribution in [1.82, 2.24) is 0 Å². The summed E-state index contributed by atoms with van der Waals surface area (Å²) in [4.78, 5) is 26.2. The lowest BCUT2D eigenvalue weighted by molar-refractivity contribution is -0.166.